The van der Waals surface area contributed by atoms with E-state index in [1.807, 2.05) is 35.7 Å². The standard InChI is InChI=1S/C22H19N3O4S2/c1-25(10-16-8-5-9-28-16)18(26)11-29-19(27)13-31-22-20-17(15-6-3-2-4-7-15)12-30-21(20)23-14-24-22/h2-9,12,14H,10-11,13H2,1H3. The molecule has 158 valence electrons. The Morgan fingerprint density at radius 2 is 2.00 bits per heavy atom. The fourth-order valence-electron chi connectivity index (χ4n) is 2.93. The molecule has 0 spiro atoms. The van der Waals surface area contributed by atoms with E-state index in [-0.39, 0.29) is 18.3 Å². The third-order valence-corrected chi connectivity index (χ3v) is 6.35. The number of hydrogen-bond donors (Lipinski definition) is 0. The summed E-state index contributed by atoms with van der Waals surface area (Å²) in [5, 5.41) is 3.68. The number of carbonyl (C=O) groups is 2. The number of rotatable bonds is 8. The van der Waals surface area contributed by atoms with Crippen LogP contribution in [0.15, 0.2) is 69.9 Å². The molecular weight excluding hydrogens is 434 g/mol. The van der Waals surface area contributed by atoms with Crippen molar-refractivity contribution in [3.05, 3.63) is 66.2 Å². The van der Waals surface area contributed by atoms with Crippen LogP contribution in [-0.4, -0.2) is 46.2 Å². The highest BCUT2D eigenvalue weighted by atomic mass is 32.2. The molecule has 31 heavy (non-hydrogen) atoms. The number of fused-ring (bicyclic) bond motifs is 1. The molecule has 3 heterocycles. The molecule has 0 radical (unpaired) electrons. The van der Waals surface area contributed by atoms with Crippen LogP contribution in [0.5, 0.6) is 0 Å². The fourth-order valence-corrected chi connectivity index (χ4v) is 4.72. The number of thioether (sulfide) groups is 1. The lowest BCUT2D eigenvalue weighted by Gasteiger charge is -2.15. The van der Waals surface area contributed by atoms with Gasteiger partial charge < -0.3 is 14.1 Å². The molecule has 7 nitrogen and oxygen atoms in total. The van der Waals surface area contributed by atoms with Crippen LogP contribution in [0.4, 0.5) is 0 Å². The second-order valence-electron chi connectivity index (χ2n) is 6.65. The van der Waals surface area contributed by atoms with E-state index in [9.17, 15) is 9.59 Å². The molecule has 0 aliphatic rings. The van der Waals surface area contributed by atoms with E-state index < -0.39 is 5.97 Å². The van der Waals surface area contributed by atoms with Crippen LogP contribution < -0.4 is 0 Å². The van der Waals surface area contributed by atoms with Gasteiger partial charge in [-0.05, 0) is 17.7 Å². The summed E-state index contributed by atoms with van der Waals surface area (Å²) in [6.07, 6.45) is 3.04. The number of furan rings is 1. The highest BCUT2D eigenvalue weighted by molar-refractivity contribution is 8.00. The molecule has 4 aromatic rings. The summed E-state index contributed by atoms with van der Waals surface area (Å²) in [4.78, 5) is 35.4. The molecule has 0 N–H and O–H groups in total. The maximum atomic E-state index is 12.2. The van der Waals surface area contributed by atoms with Crippen molar-refractivity contribution in [2.75, 3.05) is 19.4 Å². The van der Waals surface area contributed by atoms with E-state index in [0.717, 1.165) is 21.3 Å². The van der Waals surface area contributed by atoms with Gasteiger partial charge in [0.15, 0.2) is 6.61 Å². The van der Waals surface area contributed by atoms with Gasteiger partial charge in [-0.2, -0.15) is 0 Å². The number of hydrogen-bond acceptors (Lipinski definition) is 8. The van der Waals surface area contributed by atoms with Gasteiger partial charge in [0.05, 0.1) is 23.9 Å². The van der Waals surface area contributed by atoms with Crippen molar-refractivity contribution in [3.63, 3.8) is 0 Å². The number of aromatic nitrogens is 2. The Morgan fingerprint density at radius 3 is 2.77 bits per heavy atom. The van der Waals surface area contributed by atoms with E-state index in [1.165, 1.54) is 34.3 Å². The Morgan fingerprint density at radius 1 is 1.16 bits per heavy atom. The predicted molar refractivity (Wildman–Crippen MR) is 120 cm³/mol. The molecule has 0 aliphatic heterocycles. The topological polar surface area (TPSA) is 85.5 Å². The Bertz CT molecular complexity index is 1180. The highest BCUT2D eigenvalue weighted by Gasteiger charge is 2.17. The molecule has 1 aromatic carbocycles. The van der Waals surface area contributed by atoms with Gasteiger partial charge in [-0.15, -0.1) is 11.3 Å². The molecular formula is C22H19N3O4S2. The number of benzene rings is 1. The van der Waals surface area contributed by atoms with Crippen molar-refractivity contribution in [3.8, 4) is 11.1 Å². The van der Waals surface area contributed by atoms with Gasteiger partial charge in [0.1, 0.15) is 21.9 Å². The van der Waals surface area contributed by atoms with Crippen LogP contribution >= 0.6 is 23.1 Å². The molecule has 3 aromatic heterocycles. The second kappa shape index (κ2) is 9.76. The van der Waals surface area contributed by atoms with Crippen LogP contribution in [0, 0.1) is 0 Å². The Kier molecular flexibility index (Phi) is 6.63. The van der Waals surface area contributed by atoms with Crippen molar-refractivity contribution in [2.24, 2.45) is 0 Å². The highest BCUT2D eigenvalue weighted by Crippen LogP contribution is 2.37. The summed E-state index contributed by atoms with van der Waals surface area (Å²) < 4.78 is 10.4. The first-order chi connectivity index (χ1) is 15.1. The Labute approximate surface area is 187 Å². The molecule has 0 aliphatic carbocycles. The van der Waals surface area contributed by atoms with Crippen LogP contribution in [0.2, 0.25) is 0 Å². The Balaban J connectivity index is 1.36. The molecule has 0 fully saturated rings. The van der Waals surface area contributed by atoms with Gasteiger partial charge in [0.2, 0.25) is 0 Å². The largest absolute Gasteiger partial charge is 0.467 e. The van der Waals surface area contributed by atoms with Crippen molar-refractivity contribution in [2.45, 2.75) is 11.6 Å². The van der Waals surface area contributed by atoms with E-state index in [4.69, 9.17) is 9.15 Å². The van der Waals surface area contributed by atoms with Crippen molar-refractivity contribution in [1.82, 2.24) is 14.9 Å². The van der Waals surface area contributed by atoms with Crippen molar-refractivity contribution in [1.29, 1.82) is 0 Å². The molecule has 1 amide bonds. The van der Waals surface area contributed by atoms with Gasteiger partial charge in [-0.1, -0.05) is 42.1 Å². The first-order valence-corrected chi connectivity index (χ1v) is 11.3. The predicted octanol–water partition coefficient (Wildman–Crippen LogP) is 4.25. The first-order valence-electron chi connectivity index (χ1n) is 9.44. The second-order valence-corrected chi connectivity index (χ2v) is 8.48. The normalized spacial score (nSPS) is 10.9. The fraction of sp³-hybridized carbons (Fsp3) is 0.182. The van der Waals surface area contributed by atoms with Crippen LogP contribution in [-0.2, 0) is 20.9 Å². The third-order valence-electron chi connectivity index (χ3n) is 4.50. The molecule has 4 rings (SSSR count). The summed E-state index contributed by atoms with van der Waals surface area (Å²) in [5.74, 6) is -0.0716. The number of esters is 1. The monoisotopic (exact) mass is 453 g/mol. The SMILES string of the molecule is CN(Cc1ccco1)C(=O)COC(=O)CSc1ncnc2scc(-c3ccccc3)c12. The van der Waals surface area contributed by atoms with Crippen LogP contribution in [0.25, 0.3) is 21.3 Å². The number of amides is 1. The van der Waals surface area contributed by atoms with Gasteiger partial charge in [-0.3, -0.25) is 9.59 Å². The first kappa shape index (κ1) is 21.1. The number of nitrogens with zero attached hydrogens (tertiary/aromatic N) is 3. The zero-order chi connectivity index (χ0) is 21.6. The van der Waals surface area contributed by atoms with Gasteiger partial charge in [0.25, 0.3) is 5.91 Å². The molecule has 0 saturated carbocycles. The lowest BCUT2D eigenvalue weighted by atomic mass is 10.1. The van der Waals surface area contributed by atoms with Gasteiger partial charge in [-0.25, -0.2) is 9.97 Å². The number of thiophene rings is 1. The lowest BCUT2D eigenvalue weighted by molar-refractivity contribution is -0.149. The van der Waals surface area contributed by atoms with Crippen molar-refractivity contribution < 1.29 is 18.7 Å². The minimum atomic E-state index is -0.479. The van der Waals surface area contributed by atoms with E-state index in [1.54, 1.807) is 25.4 Å². The van der Waals surface area contributed by atoms with Gasteiger partial charge in [0, 0.05) is 18.0 Å². The number of likely N-dealkylation sites (N-methyl/N-ethyl adjacent to an activating group) is 1. The zero-order valence-corrected chi connectivity index (χ0v) is 18.3. The molecule has 0 bridgehead atoms. The number of carbonyl (C=O) groups excluding carboxylic acids is 2. The van der Waals surface area contributed by atoms with Crippen molar-refractivity contribution >= 4 is 45.2 Å². The lowest BCUT2D eigenvalue weighted by Crippen LogP contribution is -2.31. The van der Waals surface area contributed by atoms with Crippen LogP contribution in [0.3, 0.4) is 0 Å². The average molecular weight is 454 g/mol. The van der Waals surface area contributed by atoms with E-state index in [2.05, 4.69) is 9.97 Å². The molecule has 9 heteroatoms. The summed E-state index contributed by atoms with van der Waals surface area (Å²) in [5.41, 5.74) is 2.10. The summed E-state index contributed by atoms with van der Waals surface area (Å²) in [7, 11) is 1.63. The van der Waals surface area contributed by atoms with Crippen LogP contribution in [0.1, 0.15) is 5.76 Å². The average Bonchev–Trinajstić information content (AvgIpc) is 3.46. The quantitative estimate of drug-likeness (QED) is 0.224. The maximum absolute atomic E-state index is 12.2. The third kappa shape index (κ3) is 5.12. The minimum Gasteiger partial charge on any atom is -0.467 e. The molecule has 0 unspecified atom stereocenters. The molecule has 0 atom stereocenters. The van der Waals surface area contributed by atoms with Gasteiger partial charge >= 0.3 is 5.97 Å². The summed E-state index contributed by atoms with van der Waals surface area (Å²) in [6, 6.07) is 13.5. The Hall–Kier alpha value is -3.17. The van der Waals surface area contributed by atoms with E-state index in [0.29, 0.717) is 17.3 Å². The molecule has 0 saturated heterocycles. The van der Waals surface area contributed by atoms with E-state index >= 15 is 0 Å². The smallest absolute Gasteiger partial charge is 0.316 e. The zero-order valence-electron chi connectivity index (χ0n) is 16.7. The maximum Gasteiger partial charge on any atom is 0.316 e. The minimum absolute atomic E-state index is 0.0470. The summed E-state index contributed by atoms with van der Waals surface area (Å²) in [6.45, 7) is 0.000965. The summed E-state index contributed by atoms with van der Waals surface area (Å²) >= 11 is 2.81. The number of ether oxygens (including phenoxy) is 1.